The third-order valence-electron chi connectivity index (χ3n) is 4.85. The lowest BCUT2D eigenvalue weighted by Crippen LogP contribution is -2.41. The highest BCUT2D eigenvalue weighted by Gasteiger charge is 2.35. The molecule has 0 radical (unpaired) electrons. The predicted octanol–water partition coefficient (Wildman–Crippen LogP) is 2.20. The molecule has 2 heterocycles. The summed E-state index contributed by atoms with van der Waals surface area (Å²) in [6, 6.07) is 0.783. The molecule has 116 valence electrons. The summed E-state index contributed by atoms with van der Waals surface area (Å²) in [6.45, 7) is 9.85. The summed E-state index contributed by atoms with van der Waals surface area (Å²) in [6.07, 6.45) is 7.38. The Morgan fingerprint density at radius 3 is 2.75 bits per heavy atom. The van der Waals surface area contributed by atoms with Gasteiger partial charge >= 0.3 is 0 Å². The van der Waals surface area contributed by atoms with Crippen molar-refractivity contribution >= 4 is 5.91 Å². The maximum atomic E-state index is 12.3. The van der Waals surface area contributed by atoms with Gasteiger partial charge in [-0.3, -0.25) is 10.1 Å². The van der Waals surface area contributed by atoms with Crippen LogP contribution in [0.15, 0.2) is 0 Å². The van der Waals surface area contributed by atoms with E-state index in [1.54, 1.807) is 0 Å². The molecule has 0 spiro atoms. The molecule has 2 rings (SSSR count). The number of amides is 1. The Kier molecular flexibility index (Phi) is 5.85. The Balaban J connectivity index is 1.74. The van der Waals surface area contributed by atoms with Gasteiger partial charge in [0.05, 0.1) is 12.2 Å². The lowest BCUT2D eigenvalue weighted by atomic mass is 10.0. The lowest BCUT2D eigenvalue weighted by molar-refractivity contribution is -0.130. The molecular weight excluding hydrogens is 250 g/mol. The summed E-state index contributed by atoms with van der Waals surface area (Å²) >= 11 is 0. The van der Waals surface area contributed by atoms with Gasteiger partial charge in [-0.2, -0.15) is 0 Å². The van der Waals surface area contributed by atoms with E-state index in [2.05, 4.69) is 31.0 Å². The van der Waals surface area contributed by atoms with Gasteiger partial charge < -0.3 is 9.80 Å². The summed E-state index contributed by atoms with van der Waals surface area (Å²) in [7, 11) is 0. The second kappa shape index (κ2) is 7.41. The van der Waals surface area contributed by atoms with E-state index in [1.165, 1.54) is 25.8 Å². The first-order chi connectivity index (χ1) is 9.63. The highest BCUT2D eigenvalue weighted by Crippen LogP contribution is 2.18. The van der Waals surface area contributed by atoms with Crippen LogP contribution in [0.2, 0.25) is 0 Å². The number of nitrogens with zero attached hydrogens (tertiary/aromatic N) is 2. The summed E-state index contributed by atoms with van der Waals surface area (Å²) < 4.78 is 0. The quantitative estimate of drug-likeness (QED) is 0.811. The van der Waals surface area contributed by atoms with Crippen molar-refractivity contribution in [2.75, 3.05) is 19.6 Å². The fourth-order valence-electron chi connectivity index (χ4n) is 3.58. The molecule has 0 bridgehead atoms. The smallest absolute Gasteiger partial charge is 0.241 e. The topological polar surface area (TPSA) is 35.6 Å². The van der Waals surface area contributed by atoms with Crippen molar-refractivity contribution in [3.63, 3.8) is 0 Å². The first-order valence-electron chi connectivity index (χ1n) is 8.44. The summed E-state index contributed by atoms with van der Waals surface area (Å²) in [4.78, 5) is 16.9. The van der Waals surface area contributed by atoms with E-state index in [9.17, 15) is 4.79 Å². The van der Waals surface area contributed by atoms with Gasteiger partial charge in [0, 0.05) is 19.1 Å². The molecule has 0 aromatic heterocycles. The molecular formula is C16H31N3O. The van der Waals surface area contributed by atoms with Gasteiger partial charge in [-0.15, -0.1) is 0 Å². The molecule has 0 saturated carbocycles. The van der Waals surface area contributed by atoms with Gasteiger partial charge in [0.1, 0.15) is 0 Å². The Morgan fingerprint density at radius 1 is 1.25 bits per heavy atom. The van der Waals surface area contributed by atoms with Gasteiger partial charge in [-0.25, -0.2) is 0 Å². The Bertz CT molecular complexity index is 321. The van der Waals surface area contributed by atoms with Crippen molar-refractivity contribution in [2.24, 2.45) is 0 Å². The molecule has 1 N–H and O–H groups in total. The Hall–Kier alpha value is -0.610. The summed E-state index contributed by atoms with van der Waals surface area (Å²) in [5.74, 6) is 0.311. The van der Waals surface area contributed by atoms with Gasteiger partial charge in [0.2, 0.25) is 5.91 Å². The van der Waals surface area contributed by atoms with Crippen LogP contribution in [0, 0.1) is 0 Å². The molecule has 4 nitrogen and oxygen atoms in total. The fourth-order valence-corrected chi connectivity index (χ4v) is 3.58. The second-order valence-electron chi connectivity index (χ2n) is 6.45. The third-order valence-corrected chi connectivity index (χ3v) is 4.85. The van der Waals surface area contributed by atoms with Crippen LogP contribution in [0.25, 0.3) is 0 Å². The van der Waals surface area contributed by atoms with E-state index >= 15 is 0 Å². The highest BCUT2D eigenvalue weighted by molar-refractivity contribution is 5.84. The maximum Gasteiger partial charge on any atom is 0.241 e. The zero-order chi connectivity index (χ0) is 14.5. The number of rotatable bonds is 6. The zero-order valence-electron chi connectivity index (χ0n) is 13.4. The first-order valence-corrected chi connectivity index (χ1v) is 8.44. The van der Waals surface area contributed by atoms with Crippen LogP contribution in [0.5, 0.6) is 0 Å². The van der Waals surface area contributed by atoms with Crippen LogP contribution in [0.3, 0.4) is 0 Å². The highest BCUT2D eigenvalue weighted by atomic mass is 16.2. The van der Waals surface area contributed by atoms with Crippen molar-refractivity contribution in [1.82, 2.24) is 15.1 Å². The molecule has 0 aromatic carbocycles. The first kappa shape index (κ1) is 15.8. The van der Waals surface area contributed by atoms with Crippen LogP contribution in [-0.4, -0.2) is 53.6 Å². The Labute approximate surface area is 123 Å². The minimum atomic E-state index is 0.0592. The van der Waals surface area contributed by atoms with Crippen molar-refractivity contribution < 1.29 is 4.79 Å². The molecule has 2 aliphatic heterocycles. The normalized spacial score (nSPS) is 32.0. The van der Waals surface area contributed by atoms with Crippen molar-refractivity contribution in [3.8, 4) is 0 Å². The van der Waals surface area contributed by atoms with Crippen molar-refractivity contribution in [3.05, 3.63) is 0 Å². The molecule has 2 fully saturated rings. The number of nitrogens with one attached hydrogen (secondary N) is 1. The largest absolute Gasteiger partial charge is 0.326 e. The number of carbonyl (C=O) groups excluding carboxylic acids is 1. The predicted molar refractivity (Wildman–Crippen MR) is 82.5 cm³/mol. The lowest BCUT2D eigenvalue weighted by Gasteiger charge is -2.34. The molecule has 4 heteroatoms. The van der Waals surface area contributed by atoms with E-state index < -0.39 is 0 Å². The van der Waals surface area contributed by atoms with Gasteiger partial charge in [0.15, 0.2) is 0 Å². The minimum absolute atomic E-state index is 0.0592. The second-order valence-corrected chi connectivity index (χ2v) is 6.45. The van der Waals surface area contributed by atoms with Gasteiger partial charge in [0.25, 0.3) is 0 Å². The molecule has 1 amide bonds. The molecule has 0 aromatic rings. The number of likely N-dealkylation sites (tertiary alicyclic amines) is 1. The van der Waals surface area contributed by atoms with Crippen LogP contribution in [0.1, 0.15) is 59.3 Å². The number of piperidine rings is 1. The van der Waals surface area contributed by atoms with Crippen molar-refractivity contribution in [1.29, 1.82) is 0 Å². The van der Waals surface area contributed by atoms with Gasteiger partial charge in [-0.1, -0.05) is 19.8 Å². The van der Waals surface area contributed by atoms with Crippen LogP contribution in [0.4, 0.5) is 0 Å². The Morgan fingerprint density at radius 2 is 2.05 bits per heavy atom. The third kappa shape index (κ3) is 3.73. The zero-order valence-corrected chi connectivity index (χ0v) is 13.4. The van der Waals surface area contributed by atoms with Crippen LogP contribution in [-0.2, 0) is 4.79 Å². The van der Waals surface area contributed by atoms with E-state index in [0.29, 0.717) is 5.91 Å². The molecule has 3 atom stereocenters. The van der Waals surface area contributed by atoms with E-state index in [0.717, 1.165) is 38.4 Å². The van der Waals surface area contributed by atoms with E-state index in [4.69, 9.17) is 0 Å². The average Bonchev–Trinajstić information content (AvgIpc) is 2.69. The standard InChI is InChI=1S/C16H31N3O/c1-4-8-15-16(20)19(14(3)17-15)12-7-11-18-10-6-5-9-13(18)2/h13-15,17H,4-12H2,1-3H3. The minimum Gasteiger partial charge on any atom is -0.326 e. The van der Waals surface area contributed by atoms with E-state index in [-0.39, 0.29) is 12.2 Å². The van der Waals surface area contributed by atoms with Gasteiger partial charge in [-0.05, 0) is 46.1 Å². The molecule has 20 heavy (non-hydrogen) atoms. The molecule has 3 unspecified atom stereocenters. The van der Waals surface area contributed by atoms with Crippen molar-refractivity contribution in [2.45, 2.75) is 77.5 Å². The SMILES string of the molecule is CCCC1NC(C)N(CCCN2CCCCC2C)C1=O. The summed E-state index contributed by atoms with van der Waals surface area (Å²) in [5, 5.41) is 3.41. The van der Waals surface area contributed by atoms with Crippen LogP contribution >= 0.6 is 0 Å². The maximum absolute atomic E-state index is 12.3. The number of hydrogen-bond donors (Lipinski definition) is 1. The fraction of sp³-hybridized carbons (Fsp3) is 0.938. The summed E-state index contributed by atoms with van der Waals surface area (Å²) in [5.41, 5.74) is 0. The van der Waals surface area contributed by atoms with E-state index in [1.807, 2.05) is 4.90 Å². The molecule has 2 aliphatic rings. The number of hydrogen-bond acceptors (Lipinski definition) is 3. The average molecular weight is 281 g/mol. The molecule has 0 aliphatic carbocycles. The molecule has 2 saturated heterocycles. The van der Waals surface area contributed by atoms with Crippen LogP contribution < -0.4 is 5.32 Å². The number of carbonyl (C=O) groups is 1. The monoisotopic (exact) mass is 281 g/mol.